The predicted molar refractivity (Wildman–Crippen MR) is 94.0 cm³/mol. The molecular weight excluding hydrogens is 334 g/mol. The SMILES string of the molecule is Cc1ccccc1-c1noc(CCC(=O)Nc2ccc3c(c2)OCO3)n1. The maximum absolute atomic E-state index is 12.1. The molecule has 1 aliphatic heterocycles. The van der Waals surface area contributed by atoms with Crippen LogP contribution in [0.4, 0.5) is 5.69 Å². The smallest absolute Gasteiger partial charge is 0.231 e. The van der Waals surface area contributed by atoms with Crippen LogP contribution < -0.4 is 14.8 Å². The summed E-state index contributed by atoms with van der Waals surface area (Å²) in [5, 5.41) is 6.83. The van der Waals surface area contributed by atoms with Crippen LogP contribution in [-0.2, 0) is 11.2 Å². The van der Waals surface area contributed by atoms with Crippen LogP contribution in [0.1, 0.15) is 17.9 Å². The van der Waals surface area contributed by atoms with E-state index < -0.39 is 0 Å². The van der Waals surface area contributed by atoms with Gasteiger partial charge in [0.05, 0.1) is 0 Å². The van der Waals surface area contributed by atoms with Gasteiger partial charge in [-0.05, 0) is 24.6 Å². The standard InChI is InChI=1S/C19H17N3O4/c1-12-4-2-3-5-14(12)19-21-18(26-22-19)9-8-17(23)20-13-6-7-15-16(10-13)25-11-24-15/h2-7,10H,8-9,11H2,1H3,(H,20,23). The summed E-state index contributed by atoms with van der Waals surface area (Å²) in [5.74, 6) is 2.14. The maximum Gasteiger partial charge on any atom is 0.231 e. The van der Waals surface area contributed by atoms with Crippen molar-refractivity contribution in [3.8, 4) is 22.9 Å². The van der Waals surface area contributed by atoms with E-state index in [9.17, 15) is 4.79 Å². The van der Waals surface area contributed by atoms with Crippen LogP contribution in [0.25, 0.3) is 11.4 Å². The van der Waals surface area contributed by atoms with Crippen LogP contribution in [0.5, 0.6) is 11.5 Å². The van der Waals surface area contributed by atoms with E-state index in [2.05, 4.69) is 15.5 Å². The molecule has 132 valence electrons. The normalized spacial score (nSPS) is 12.2. The van der Waals surface area contributed by atoms with Crippen LogP contribution in [0, 0.1) is 6.92 Å². The van der Waals surface area contributed by atoms with Gasteiger partial charge in [0.1, 0.15) is 0 Å². The second-order valence-electron chi connectivity index (χ2n) is 5.94. The van der Waals surface area contributed by atoms with Gasteiger partial charge in [-0.15, -0.1) is 0 Å². The van der Waals surface area contributed by atoms with E-state index in [4.69, 9.17) is 14.0 Å². The van der Waals surface area contributed by atoms with Crippen LogP contribution >= 0.6 is 0 Å². The van der Waals surface area contributed by atoms with Crippen molar-refractivity contribution in [2.24, 2.45) is 0 Å². The van der Waals surface area contributed by atoms with E-state index in [1.165, 1.54) is 0 Å². The van der Waals surface area contributed by atoms with Gasteiger partial charge in [-0.1, -0.05) is 29.4 Å². The monoisotopic (exact) mass is 351 g/mol. The Hall–Kier alpha value is -3.35. The molecule has 0 atom stereocenters. The fourth-order valence-corrected chi connectivity index (χ4v) is 2.71. The second-order valence-corrected chi connectivity index (χ2v) is 5.94. The number of aryl methyl sites for hydroxylation is 2. The molecule has 0 bridgehead atoms. The van der Waals surface area contributed by atoms with E-state index >= 15 is 0 Å². The molecule has 1 aromatic heterocycles. The Bertz CT molecular complexity index is 951. The van der Waals surface area contributed by atoms with Crippen molar-refractivity contribution in [2.45, 2.75) is 19.8 Å². The summed E-state index contributed by atoms with van der Waals surface area (Å²) in [6, 6.07) is 13.1. The number of aromatic nitrogens is 2. The molecule has 4 rings (SSSR count). The van der Waals surface area contributed by atoms with Gasteiger partial charge in [-0.2, -0.15) is 4.98 Å². The lowest BCUT2D eigenvalue weighted by atomic mass is 10.1. The van der Waals surface area contributed by atoms with Crippen LogP contribution in [0.3, 0.4) is 0 Å². The van der Waals surface area contributed by atoms with E-state index in [1.807, 2.05) is 31.2 Å². The van der Waals surface area contributed by atoms with Gasteiger partial charge in [0.2, 0.25) is 24.4 Å². The summed E-state index contributed by atoms with van der Waals surface area (Å²) in [6.07, 6.45) is 0.610. The van der Waals surface area contributed by atoms with E-state index in [-0.39, 0.29) is 19.1 Å². The Morgan fingerprint density at radius 2 is 2.00 bits per heavy atom. The molecule has 0 saturated carbocycles. The van der Waals surface area contributed by atoms with Crippen LogP contribution in [0.2, 0.25) is 0 Å². The summed E-state index contributed by atoms with van der Waals surface area (Å²) >= 11 is 0. The van der Waals surface area contributed by atoms with Gasteiger partial charge >= 0.3 is 0 Å². The predicted octanol–water partition coefficient (Wildman–Crippen LogP) is 3.35. The molecule has 1 aliphatic rings. The molecule has 0 saturated heterocycles. The van der Waals surface area contributed by atoms with E-state index in [0.29, 0.717) is 35.3 Å². The number of rotatable bonds is 5. The molecule has 2 heterocycles. The Labute approximate surface area is 149 Å². The van der Waals surface area contributed by atoms with Gasteiger partial charge in [-0.3, -0.25) is 4.79 Å². The van der Waals surface area contributed by atoms with Gasteiger partial charge in [0, 0.05) is 30.2 Å². The Balaban J connectivity index is 1.36. The first-order chi connectivity index (χ1) is 12.7. The molecule has 7 heteroatoms. The molecule has 0 aliphatic carbocycles. The number of ether oxygens (including phenoxy) is 2. The number of nitrogens with zero attached hydrogens (tertiary/aromatic N) is 2. The molecule has 0 radical (unpaired) electrons. The first kappa shape index (κ1) is 16.1. The number of amides is 1. The van der Waals surface area contributed by atoms with Crippen molar-refractivity contribution in [1.82, 2.24) is 10.1 Å². The zero-order chi connectivity index (χ0) is 17.9. The average Bonchev–Trinajstić information content (AvgIpc) is 3.29. The molecule has 0 fully saturated rings. The number of hydrogen-bond acceptors (Lipinski definition) is 6. The summed E-state index contributed by atoms with van der Waals surface area (Å²) < 4.78 is 15.8. The topological polar surface area (TPSA) is 86.5 Å². The third kappa shape index (κ3) is 3.37. The fraction of sp³-hybridized carbons (Fsp3) is 0.211. The highest BCUT2D eigenvalue weighted by molar-refractivity contribution is 5.91. The number of anilines is 1. The molecule has 0 spiro atoms. The highest BCUT2D eigenvalue weighted by Crippen LogP contribution is 2.34. The lowest BCUT2D eigenvalue weighted by Gasteiger charge is -2.05. The minimum atomic E-state index is -0.139. The Kier molecular flexibility index (Phi) is 4.27. The third-order valence-corrected chi connectivity index (χ3v) is 4.08. The molecule has 2 aromatic carbocycles. The van der Waals surface area contributed by atoms with Crippen molar-refractivity contribution in [2.75, 3.05) is 12.1 Å². The Morgan fingerprint density at radius 3 is 2.88 bits per heavy atom. The van der Waals surface area contributed by atoms with Gasteiger partial charge in [0.15, 0.2) is 11.5 Å². The summed E-state index contributed by atoms with van der Waals surface area (Å²) in [4.78, 5) is 16.5. The number of hydrogen-bond donors (Lipinski definition) is 1. The second kappa shape index (κ2) is 6.87. The average molecular weight is 351 g/mol. The largest absolute Gasteiger partial charge is 0.454 e. The van der Waals surface area contributed by atoms with Crippen LogP contribution in [-0.4, -0.2) is 22.8 Å². The lowest BCUT2D eigenvalue weighted by molar-refractivity contribution is -0.116. The minimum Gasteiger partial charge on any atom is -0.454 e. The number of carbonyl (C=O) groups is 1. The highest BCUT2D eigenvalue weighted by atomic mass is 16.7. The zero-order valence-electron chi connectivity index (χ0n) is 14.2. The van der Waals surface area contributed by atoms with Crippen molar-refractivity contribution < 1.29 is 18.8 Å². The zero-order valence-corrected chi connectivity index (χ0v) is 14.2. The number of carbonyl (C=O) groups excluding carboxylic acids is 1. The minimum absolute atomic E-state index is 0.139. The maximum atomic E-state index is 12.1. The lowest BCUT2D eigenvalue weighted by Crippen LogP contribution is -2.12. The summed E-state index contributed by atoms with van der Waals surface area (Å²) in [5.41, 5.74) is 2.65. The molecule has 3 aromatic rings. The van der Waals surface area contributed by atoms with E-state index in [0.717, 1.165) is 11.1 Å². The van der Waals surface area contributed by atoms with Crippen molar-refractivity contribution in [1.29, 1.82) is 0 Å². The van der Waals surface area contributed by atoms with Gasteiger partial charge < -0.3 is 19.3 Å². The molecular formula is C19H17N3O4. The van der Waals surface area contributed by atoms with Gasteiger partial charge in [-0.25, -0.2) is 0 Å². The number of nitrogens with one attached hydrogen (secondary N) is 1. The first-order valence-electron chi connectivity index (χ1n) is 8.27. The summed E-state index contributed by atoms with van der Waals surface area (Å²) in [6.45, 7) is 2.19. The van der Waals surface area contributed by atoms with Gasteiger partial charge in [0.25, 0.3) is 0 Å². The third-order valence-electron chi connectivity index (χ3n) is 4.08. The molecule has 1 N–H and O–H groups in total. The Morgan fingerprint density at radius 1 is 1.15 bits per heavy atom. The highest BCUT2D eigenvalue weighted by Gasteiger charge is 2.15. The number of benzene rings is 2. The first-order valence-corrected chi connectivity index (χ1v) is 8.27. The van der Waals surface area contributed by atoms with Crippen molar-refractivity contribution in [3.05, 3.63) is 53.9 Å². The number of fused-ring (bicyclic) bond motifs is 1. The fourth-order valence-electron chi connectivity index (χ4n) is 2.71. The van der Waals surface area contributed by atoms with Crippen LogP contribution in [0.15, 0.2) is 47.0 Å². The molecule has 1 amide bonds. The van der Waals surface area contributed by atoms with E-state index in [1.54, 1.807) is 18.2 Å². The van der Waals surface area contributed by atoms with Crippen molar-refractivity contribution in [3.63, 3.8) is 0 Å². The molecule has 26 heavy (non-hydrogen) atoms. The molecule has 0 unspecified atom stereocenters. The molecule has 7 nitrogen and oxygen atoms in total. The van der Waals surface area contributed by atoms with Crippen molar-refractivity contribution >= 4 is 11.6 Å². The summed E-state index contributed by atoms with van der Waals surface area (Å²) in [7, 11) is 0. The quantitative estimate of drug-likeness (QED) is 0.759.